The van der Waals surface area contributed by atoms with Gasteiger partial charge < -0.3 is 5.73 Å². The number of rotatable bonds is 3. The molecule has 0 radical (unpaired) electrons. The van der Waals surface area contributed by atoms with Gasteiger partial charge in [-0.3, -0.25) is 14.8 Å². The summed E-state index contributed by atoms with van der Waals surface area (Å²) in [6.07, 6.45) is 1.54. The van der Waals surface area contributed by atoms with E-state index in [1.54, 1.807) is 12.1 Å². The summed E-state index contributed by atoms with van der Waals surface area (Å²) in [4.78, 5) is 10.0. The Morgan fingerprint density at radius 2 is 2.11 bits per heavy atom. The lowest BCUT2D eigenvalue weighted by Crippen LogP contribution is -2.01. The van der Waals surface area contributed by atoms with E-state index in [4.69, 9.17) is 11.0 Å². The lowest BCUT2D eigenvalue weighted by molar-refractivity contribution is -0.384. The van der Waals surface area contributed by atoms with Crippen LogP contribution in [0.2, 0.25) is 0 Å². The summed E-state index contributed by atoms with van der Waals surface area (Å²) in [5.41, 5.74) is 6.72. The number of nitriles is 1. The molecule has 0 saturated carbocycles. The van der Waals surface area contributed by atoms with Gasteiger partial charge >= 0.3 is 0 Å². The van der Waals surface area contributed by atoms with Crippen molar-refractivity contribution in [3.05, 3.63) is 51.7 Å². The molecular formula is C11H9N5O2. The van der Waals surface area contributed by atoms with Crippen LogP contribution in [0.5, 0.6) is 0 Å². The third-order valence-corrected chi connectivity index (χ3v) is 2.40. The van der Waals surface area contributed by atoms with Gasteiger partial charge in [-0.25, -0.2) is 0 Å². The number of anilines is 1. The fraction of sp³-hybridized carbons (Fsp3) is 0.0909. The number of nitro benzene ring substituents is 1. The van der Waals surface area contributed by atoms with Crippen LogP contribution in [0.3, 0.4) is 0 Å². The van der Waals surface area contributed by atoms with E-state index in [9.17, 15) is 10.1 Å². The zero-order chi connectivity index (χ0) is 13.1. The first-order valence-corrected chi connectivity index (χ1v) is 5.06. The minimum atomic E-state index is -0.455. The zero-order valence-electron chi connectivity index (χ0n) is 9.28. The number of hydrogen-bond donors (Lipinski definition) is 1. The highest BCUT2D eigenvalue weighted by molar-refractivity contribution is 5.46. The van der Waals surface area contributed by atoms with Gasteiger partial charge in [-0.2, -0.15) is 10.4 Å². The van der Waals surface area contributed by atoms with Crippen LogP contribution in [0.1, 0.15) is 11.1 Å². The Kier molecular flexibility index (Phi) is 2.93. The molecule has 1 aromatic heterocycles. The van der Waals surface area contributed by atoms with Gasteiger partial charge in [0, 0.05) is 18.3 Å². The molecule has 0 fully saturated rings. The number of nitro groups is 1. The lowest BCUT2D eigenvalue weighted by atomic mass is 10.2. The first-order chi connectivity index (χ1) is 8.60. The normalized spacial score (nSPS) is 9.94. The van der Waals surface area contributed by atoms with Crippen molar-refractivity contribution in [3.63, 3.8) is 0 Å². The van der Waals surface area contributed by atoms with Crippen molar-refractivity contribution < 1.29 is 4.92 Å². The molecule has 0 saturated heterocycles. The summed E-state index contributed by atoms with van der Waals surface area (Å²) in [6, 6.07) is 8.06. The summed E-state index contributed by atoms with van der Waals surface area (Å²) >= 11 is 0. The minimum absolute atomic E-state index is 0.0384. The molecule has 18 heavy (non-hydrogen) atoms. The number of aromatic nitrogens is 2. The van der Waals surface area contributed by atoms with Crippen molar-refractivity contribution in [2.75, 3.05) is 5.73 Å². The van der Waals surface area contributed by atoms with Crippen LogP contribution in [0, 0.1) is 21.4 Å². The second-order valence-electron chi connectivity index (χ2n) is 3.66. The van der Waals surface area contributed by atoms with Gasteiger partial charge in [-0.05, 0) is 5.56 Å². The molecule has 0 aliphatic carbocycles. The Bertz CT molecular complexity index is 624. The molecule has 0 unspecified atom stereocenters. The molecule has 7 nitrogen and oxygen atoms in total. The molecule has 1 heterocycles. The third kappa shape index (κ3) is 2.27. The molecule has 2 rings (SSSR count). The van der Waals surface area contributed by atoms with Crippen molar-refractivity contribution >= 4 is 11.5 Å². The van der Waals surface area contributed by atoms with E-state index >= 15 is 0 Å². The van der Waals surface area contributed by atoms with E-state index in [-0.39, 0.29) is 11.5 Å². The third-order valence-electron chi connectivity index (χ3n) is 2.40. The van der Waals surface area contributed by atoms with Crippen molar-refractivity contribution in [1.82, 2.24) is 9.78 Å². The molecule has 2 aromatic rings. The summed E-state index contributed by atoms with van der Waals surface area (Å²) in [5, 5.41) is 23.2. The van der Waals surface area contributed by atoms with E-state index in [2.05, 4.69) is 5.10 Å². The number of nitrogen functional groups attached to an aromatic ring is 1. The Hall–Kier alpha value is -2.88. The van der Waals surface area contributed by atoms with Gasteiger partial charge in [0.1, 0.15) is 11.6 Å². The summed E-state index contributed by atoms with van der Waals surface area (Å²) < 4.78 is 1.52. The molecule has 0 bridgehead atoms. The average molecular weight is 243 g/mol. The van der Waals surface area contributed by atoms with Crippen LogP contribution in [0.15, 0.2) is 30.5 Å². The van der Waals surface area contributed by atoms with E-state index in [0.717, 1.165) is 5.56 Å². The predicted molar refractivity (Wildman–Crippen MR) is 63.6 cm³/mol. The number of benzene rings is 1. The molecule has 2 N–H and O–H groups in total. The van der Waals surface area contributed by atoms with Crippen LogP contribution in [0.25, 0.3) is 0 Å². The molecule has 0 atom stereocenters. The molecule has 0 aliphatic heterocycles. The van der Waals surface area contributed by atoms with Crippen LogP contribution in [-0.2, 0) is 6.54 Å². The lowest BCUT2D eigenvalue weighted by Gasteiger charge is -2.00. The molecular weight excluding hydrogens is 234 g/mol. The highest BCUT2D eigenvalue weighted by atomic mass is 16.6. The molecule has 1 aromatic carbocycles. The van der Waals surface area contributed by atoms with Crippen LogP contribution in [0.4, 0.5) is 11.5 Å². The van der Waals surface area contributed by atoms with Gasteiger partial charge in [0.15, 0.2) is 5.82 Å². The summed E-state index contributed by atoms with van der Waals surface area (Å²) in [7, 11) is 0. The number of non-ortho nitro benzene ring substituents is 1. The zero-order valence-corrected chi connectivity index (χ0v) is 9.28. The van der Waals surface area contributed by atoms with Gasteiger partial charge in [0.05, 0.1) is 11.5 Å². The largest absolute Gasteiger partial charge is 0.381 e. The highest BCUT2D eigenvalue weighted by Crippen LogP contribution is 2.14. The highest BCUT2D eigenvalue weighted by Gasteiger charge is 2.07. The Morgan fingerprint density at radius 1 is 1.44 bits per heavy atom. The molecule has 0 spiro atoms. The Labute approximate surface area is 102 Å². The molecule has 0 aliphatic rings. The van der Waals surface area contributed by atoms with E-state index in [0.29, 0.717) is 12.1 Å². The SMILES string of the molecule is N#Cc1cn(Cc2ccc([N+](=O)[O-])cc2)nc1N. The summed E-state index contributed by atoms with van der Waals surface area (Å²) in [5.74, 6) is 0.180. The minimum Gasteiger partial charge on any atom is -0.381 e. The Balaban J connectivity index is 2.18. The Morgan fingerprint density at radius 3 is 2.61 bits per heavy atom. The van der Waals surface area contributed by atoms with E-state index in [1.807, 2.05) is 6.07 Å². The van der Waals surface area contributed by atoms with E-state index < -0.39 is 4.92 Å². The second kappa shape index (κ2) is 4.55. The van der Waals surface area contributed by atoms with Crippen LogP contribution in [-0.4, -0.2) is 14.7 Å². The maximum Gasteiger partial charge on any atom is 0.269 e. The first-order valence-electron chi connectivity index (χ1n) is 5.06. The van der Waals surface area contributed by atoms with Gasteiger partial charge in [0.2, 0.25) is 0 Å². The van der Waals surface area contributed by atoms with Crippen molar-refractivity contribution in [2.24, 2.45) is 0 Å². The van der Waals surface area contributed by atoms with Gasteiger partial charge in [-0.1, -0.05) is 12.1 Å². The molecule has 90 valence electrons. The fourth-order valence-electron chi connectivity index (χ4n) is 1.51. The van der Waals surface area contributed by atoms with Crippen molar-refractivity contribution in [3.8, 4) is 6.07 Å². The summed E-state index contributed by atoms with van der Waals surface area (Å²) in [6.45, 7) is 0.407. The quantitative estimate of drug-likeness (QED) is 0.645. The maximum atomic E-state index is 10.5. The predicted octanol–water partition coefficient (Wildman–Crippen LogP) is 1.29. The number of nitrogens with zero attached hydrogens (tertiary/aromatic N) is 4. The van der Waals surface area contributed by atoms with Gasteiger partial charge in [0.25, 0.3) is 5.69 Å². The number of nitrogens with two attached hydrogens (primary N) is 1. The monoisotopic (exact) mass is 243 g/mol. The van der Waals surface area contributed by atoms with Gasteiger partial charge in [-0.15, -0.1) is 0 Å². The first kappa shape index (κ1) is 11.6. The second-order valence-corrected chi connectivity index (χ2v) is 3.66. The molecule has 7 heteroatoms. The standard InChI is InChI=1S/C11H9N5O2/c12-5-9-7-15(14-11(9)13)6-8-1-3-10(4-2-8)16(17)18/h1-4,7H,6H2,(H2,13,14). The maximum absolute atomic E-state index is 10.5. The number of hydrogen-bond acceptors (Lipinski definition) is 5. The fourth-order valence-corrected chi connectivity index (χ4v) is 1.51. The average Bonchev–Trinajstić information content (AvgIpc) is 2.70. The smallest absolute Gasteiger partial charge is 0.269 e. The van der Waals surface area contributed by atoms with E-state index in [1.165, 1.54) is 23.0 Å². The van der Waals surface area contributed by atoms with Crippen LogP contribution >= 0.6 is 0 Å². The molecule has 0 amide bonds. The topological polar surface area (TPSA) is 111 Å². The van der Waals surface area contributed by atoms with Crippen LogP contribution < -0.4 is 5.73 Å². The van der Waals surface area contributed by atoms with Crippen molar-refractivity contribution in [2.45, 2.75) is 6.54 Å². The van der Waals surface area contributed by atoms with Crippen molar-refractivity contribution in [1.29, 1.82) is 5.26 Å².